The van der Waals surface area contributed by atoms with E-state index < -0.39 is 23.2 Å². The van der Waals surface area contributed by atoms with Gasteiger partial charge in [-0.1, -0.05) is 12.1 Å². The lowest BCUT2D eigenvalue weighted by atomic mass is 10.0. The Morgan fingerprint density at radius 2 is 1.83 bits per heavy atom. The third kappa shape index (κ3) is 5.41. The highest BCUT2D eigenvalue weighted by atomic mass is 19.4. The number of carbonyl (C=O) groups is 1. The summed E-state index contributed by atoms with van der Waals surface area (Å²) in [6.07, 6.45) is -2.31. The highest BCUT2D eigenvalue weighted by Crippen LogP contribution is 2.35. The average molecular weight is 563 g/mol. The number of aryl methyl sites for hydroxylation is 2. The highest BCUT2D eigenvalue weighted by Gasteiger charge is 2.37. The van der Waals surface area contributed by atoms with Crippen LogP contribution in [0.1, 0.15) is 21.5 Å². The Balaban J connectivity index is 1.22. The normalized spacial score (nSPS) is 18.6. The molecule has 2 aromatic carbocycles. The number of pyridine rings is 1. The number of fused-ring (bicyclic) bond motifs is 2. The van der Waals surface area contributed by atoms with Crippen molar-refractivity contribution in [1.29, 1.82) is 0 Å². The van der Waals surface area contributed by atoms with Gasteiger partial charge in [-0.2, -0.15) is 18.3 Å². The number of hydrogen-bond acceptors (Lipinski definition) is 6. The Labute approximate surface area is 234 Å². The molecule has 6 rings (SSSR count). The smallest absolute Gasteiger partial charge is 0.370 e. The second-order valence-corrected chi connectivity index (χ2v) is 10.7. The highest BCUT2D eigenvalue weighted by molar-refractivity contribution is 5.96. The van der Waals surface area contributed by atoms with Crippen LogP contribution in [0.4, 0.5) is 18.9 Å². The molecule has 41 heavy (non-hydrogen) atoms. The van der Waals surface area contributed by atoms with Crippen molar-refractivity contribution >= 4 is 22.5 Å². The van der Waals surface area contributed by atoms with Gasteiger partial charge in [-0.05, 0) is 60.2 Å². The van der Waals surface area contributed by atoms with Crippen molar-refractivity contribution in [2.24, 2.45) is 11.8 Å². The van der Waals surface area contributed by atoms with Gasteiger partial charge in [0, 0.05) is 56.8 Å². The molecule has 2 unspecified atom stereocenters. The van der Waals surface area contributed by atoms with Gasteiger partial charge in [-0.3, -0.25) is 14.6 Å². The summed E-state index contributed by atoms with van der Waals surface area (Å²) in [6, 6.07) is 14.2. The summed E-state index contributed by atoms with van der Waals surface area (Å²) >= 11 is 0. The zero-order valence-corrected chi connectivity index (χ0v) is 22.4. The SMILES string of the molecule is CNC(=O)c1ccc(-c2ccc(=O)n(CCc3ccc4ncc(N5CC6CNCC6C5)cc4c3)n2)cc1C(F)(F)F. The van der Waals surface area contributed by atoms with Crippen molar-refractivity contribution < 1.29 is 18.0 Å². The molecule has 0 saturated carbocycles. The fourth-order valence-electron chi connectivity index (χ4n) is 5.83. The molecule has 0 spiro atoms. The molecule has 2 aromatic heterocycles. The fourth-order valence-corrected chi connectivity index (χ4v) is 5.83. The van der Waals surface area contributed by atoms with Crippen molar-refractivity contribution in [3.8, 4) is 11.3 Å². The largest absolute Gasteiger partial charge is 0.417 e. The van der Waals surface area contributed by atoms with Crippen molar-refractivity contribution in [1.82, 2.24) is 25.4 Å². The molecule has 11 heteroatoms. The van der Waals surface area contributed by atoms with Gasteiger partial charge in [-0.15, -0.1) is 0 Å². The molecule has 0 aliphatic carbocycles. The third-order valence-corrected chi connectivity index (χ3v) is 8.06. The van der Waals surface area contributed by atoms with Crippen LogP contribution in [0.15, 0.2) is 65.6 Å². The first kappa shape index (κ1) is 26.9. The van der Waals surface area contributed by atoms with Gasteiger partial charge < -0.3 is 15.5 Å². The van der Waals surface area contributed by atoms with Gasteiger partial charge in [0.2, 0.25) is 0 Å². The molecule has 4 aromatic rings. The number of hydrogen-bond donors (Lipinski definition) is 2. The maximum atomic E-state index is 13.7. The van der Waals surface area contributed by atoms with Gasteiger partial charge in [0.1, 0.15) is 0 Å². The molecule has 2 saturated heterocycles. The quantitative estimate of drug-likeness (QED) is 0.372. The molecule has 0 radical (unpaired) electrons. The Hall–Kier alpha value is -4.25. The predicted molar refractivity (Wildman–Crippen MR) is 150 cm³/mol. The van der Waals surface area contributed by atoms with Crippen LogP contribution in [-0.4, -0.2) is 53.9 Å². The number of aromatic nitrogens is 3. The zero-order valence-electron chi connectivity index (χ0n) is 22.4. The average Bonchev–Trinajstić information content (AvgIpc) is 3.58. The number of nitrogens with one attached hydrogen (secondary N) is 2. The minimum atomic E-state index is -4.73. The standard InChI is InChI=1S/C30H29F3N6O2/c1-34-29(41)24-4-3-19(12-25(24)30(31,32)33)27-6-7-28(40)39(37-27)9-8-18-2-5-26-20(10-18)11-23(15-36-26)38-16-21-13-35-14-22(21)17-38/h2-7,10-12,15,21-22,35H,8-9,13-14,16-17H2,1H3,(H,34,41). The summed E-state index contributed by atoms with van der Waals surface area (Å²) < 4.78 is 42.4. The van der Waals surface area contributed by atoms with Gasteiger partial charge in [0.05, 0.1) is 34.2 Å². The fraction of sp³-hybridized carbons (Fsp3) is 0.333. The number of alkyl halides is 3. The van der Waals surface area contributed by atoms with E-state index in [9.17, 15) is 22.8 Å². The van der Waals surface area contributed by atoms with Gasteiger partial charge >= 0.3 is 6.18 Å². The minimum Gasteiger partial charge on any atom is -0.370 e. The number of rotatable bonds is 6. The minimum absolute atomic E-state index is 0.157. The van der Waals surface area contributed by atoms with Crippen LogP contribution in [0.2, 0.25) is 0 Å². The molecular weight excluding hydrogens is 533 g/mol. The number of amides is 1. The van der Waals surface area contributed by atoms with Crippen LogP contribution in [0.5, 0.6) is 0 Å². The van der Waals surface area contributed by atoms with Crippen LogP contribution in [-0.2, 0) is 19.1 Å². The second-order valence-electron chi connectivity index (χ2n) is 10.7. The van der Waals surface area contributed by atoms with Crippen LogP contribution in [0.3, 0.4) is 0 Å². The van der Waals surface area contributed by atoms with Gasteiger partial charge in [-0.25, -0.2) is 4.68 Å². The maximum Gasteiger partial charge on any atom is 0.417 e. The molecule has 8 nitrogen and oxygen atoms in total. The third-order valence-electron chi connectivity index (χ3n) is 8.06. The Kier molecular flexibility index (Phi) is 6.98. The molecule has 2 N–H and O–H groups in total. The van der Waals surface area contributed by atoms with E-state index in [1.54, 1.807) is 0 Å². The summed E-state index contributed by atoms with van der Waals surface area (Å²) in [5.74, 6) is 0.514. The topological polar surface area (TPSA) is 92.2 Å². The van der Waals surface area contributed by atoms with Crippen LogP contribution < -0.4 is 21.1 Å². The van der Waals surface area contributed by atoms with Crippen molar-refractivity contribution in [2.75, 3.05) is 38.1 Å². The second kappa shape index (κ2) is 10.6. The van der Waals surface area contributed by atoms with Crippen molar-refractivity contribution in [3.63, 3.8) is 0 Å². The summed E-state index contributed by atoms with van der Waals surface area (Å²) in [7, 11) is 1.27. The lowest BCUT2D eigenvalue weighted by Crippen LogP contribution is -2.25. The van der Waals surface area contributed by atoms with E-state index in [1.165, 1.54) is 29.9 Å². The molecule has 2 aliphatic heterocycles. The molecule has 212 valence electrons. The molecule has 2 fully saturated rings. The van der Waals surface area contributed by atoms with Crippen molar-refractivity contribution in [3.05, 3.63) is 87.8 Å². The van der Waals surface area contributed by atoms with Gasteiger partial charge in [0.15, 0.2) is 0 Å². The van der Waals surface area contributed by atoms with E-state index in [0.29, 0.717) is 18.3 Å². The summed E-state index contributed by atoms with van der Waals surface area (Å²) in [4.78, 5) is 31.6. The summed E-state index contributed by atoms with van der Waals surface area (Å²) in [6.45, 7) is 4.41. The number of nitrogens with zero attached hydrogens (tertiary/aromatic N) is 4. The first-order valence-corrected chi connectivity index (χ1v) is 13.6. The Morgan fingerprint density at radius 1 is 1.05 bits per heavy atom. The zero-order chi connectivity index (χ0) is 28.7. The van der Waals surface area contributed by atoms with Crippen LogP contribution in [0.25, 0.3) is 22.2 Å². The number of carbonyl (C=O) groups excluding carboxylic acids is 1. The number of halogens is 3. The van der Waals surface area contributed by atoms with Crippen molar-refractivity contribution in [2.45, 2.75) is 19.1 Å². The molecule has 1 amide bonds. The number of anilines is 1. The molecule has 2 atom stereocenters. The van der Waals surface area contributed by atoms with E-state index in [4.69, 9.17) is 0 Å². The molecule has 4 heterocycles. The predicted octanol–water partition coefficient (Wildman–Crippen LogP) is 3.74. The monoisotopic (exact) mass is 562 g/mol. The number of benzene rings is 2. The summed E-state index contributed by atoms with van der Waals surface area (Å²) in [5.41, 5.74) is 1.45. The lowest BCUT2D eigenvalue weighted by molar-refractivity contribution is -0.137. The van der Waals surface area contributed by atoms with E-state index in [2.05, 4.69) is 37.7 Å². The molecule has 0 bridgehead atoms. The summed E-state index contributed by atoms with van der Waals surface area (Å²) in [5, 5.41) is 11.1. The van der Waals surface area contributed by atoms with Gasteiger partial charge in [0.25, 0.3) is 11.5 Å². The molecular formula is C30H29F3N6O2. The van der Waals surface area contributed by atoms with E-state index >= 15 is 0 Å². The molecule has 2 aliphatic rings. The van der Waals surface area contributed by atoms with E-state index in [-0.39, 0.29) is 23.4 Å². The Morgan fingerprint density at radius 3 is 2.56 bits per heavy atom. The van der Waals surface area contributed by atoms with Crippen LogP contribution in [0, 0.1) is 11.8 Å². The van der Waals surface area contributed by atoms with E-state index in [0.717, 1.165) is 60.5 Å². The maximum absolute atomic E-state index is 13.7. The van der Waals surface area contributed by atoms with Crippen LogP contribution >= 0.6 is 0 Å². The Bertz CT molecular complexity index is 1670. The first-order chi connectivity index (χ1) is 19.7. The lowest BCUT2D eigenvalue weighted by Gasteiger charge is -2.20. The first-order valence-electron chi connectivity index (χ1n) is 13.6. The van der Waals surface area contributed by atoms with E-state index in [1.807, 2.05) is 18.3 Å².